The minimum atomic E-state index is 0.554. The lowest BCUT2D eigenvalue weighted by Gasteiger charge is -2.35. The molecule has 3 aromatic rings. The maximum atomic E-state index is 4.74. The molecule has 1 saturated heterocycles. The molecule has 1 fully saturated rings. The largest absolute Gasteiger partial charge is 0.307 e. The van der Waals surface area contributed by atoms with E-state index < -0.39 is 0 Å². The Balaban J connectivity index is 1.51. The third kappa shape index (κ3) is 2.76. The molecule has 0 saturated carbocycles. The van der Waals surface area contributed by atoms with Gasteiger partial charge in [0.1, 0.15) is 5.65 Å². The molecule has 1 aliphatic rings. The van der Waals surface area contributed by atoms with Crippen LogP contribution in [0.25, 0.3) is 5.65 Å². The van der Waals surface area contributed by atoms with Crippen molar-refractivity contribution in [2.75, 3.05) is 6.54 Å². The summed E-state index contributed by atoms with van der Waals surface area (Å²) < 4.78 is 4.15. The molecule has 0 N–H and O–H groups in total. The van der Waals surface area contributed by atoms with E-state index in [1.165, 1.54) is 19.3 Å². The number of rotatable bonds is 4. The van der Waals surface area contributed by atoms with Crippen molar-refractivity contribution < 1.29 is 0 Å². The van der Waals surface area contributed by atoms with E-state index in [2.05, 4.69) is 39.1 Å². The molecular formula is C17H21N5. The molecule has 0 spiro atoms. The van der Waals surface area contributed by atoms with Gasteiger partial charge in [-0.15, -0.1) is 0 Å². The number of pyridine rings is 1. The first-order valence-electron chi connectivity index (χ1n) is 8.02. The second-order valence-electron chi connectivity index (χ2n) is 6.05. The number of piperidine rings is 1. The van der Waals surface area contributed by atoms with E-state index in [1.54, 1.807) is 0 Å². The van der Waals surface area contributed by atoms with Crippen LogP contribution in [-0.2, 0) is 13.1 Å². The van der Waals surface area contributed by atoms with Crippen molar-refractivity contribution in [2.45, 2.75) is 38.4 Å². The van der Waals surface area contributed by atoms with Crippen LogP contribution in [0.1, 0.15) is 25.0 Å². The number of aromatic nitrogens is 4. The fourth-order valence-corrected chi connectivity index (χ4v) is 3.37. The van der Waals surface area contributed by atoms with Gasteiger partial charge in [0.15, 0.2) is 0 Å². The molecule has 1 atom stereocenters. The van der Waals surface area contributed by atoms with E-state index in [0.717, 1.165) is 31.0 Å². The summed E-state index contributed by atoms with van der Waals surface area (Å²) in [6.07, 6.45) is 12.0. The Morgan fingerprint density at radius 3 is 3.00 bits per heavy atom. The van der Waals surface area contributed by atoms with Gasteiger partial charge >= 0.3 is 0 Å². The Hall–Kier alpha value is -2.14. The molecule has 22 heavy (non-hydrogen) atoms. The monoisotopic (exact) mass is 295 g/mol. The van der Waals surface area contributed by atoms with E-state index in [9.17, 15) is 0 Å². The van der Waals surface area contributed by atoms with Gasteiger partial charge in [-0.25, -0.2) is 4.98 Å². The first-order chi connectivity index (χ1) is 10.9. The van der Waals surface area contributed by atoms with Crippen molar-refractivity contribution in [3.8, 4) is 0 Å². The molecule has 0 aromatic carbocycles. The van der Waals surface area contributed by atoms with E-state index in [0.29, 0.717) is 6.04 Å². The minimum absolute atomic E-state index is 0.554. The summed E-state index contributed by atoms with van der Waals surface area (Å²) in [5, 5.41) is 4.36. The summed E-state index contributed by atoms with van der Waals surface area (Å²) in [6, 6.07) is 8.68. The molecule has 0 bridgehead atoms. The fourth-order valence-electron chi connectivity index (χ4n) is 3.37. The zero-order valence-corrected chi connectivity index (χ0v) is 12.7. The number of likely N-dealkylation sites (tertiary alicyclic amines) is 1. The van der Waals surface area contributed by atoms with Gasteiger partial charge < -0.3 is 4.40 Å². The Morgan fingerprint density at radius 1 is 1.14 bits per heavy atom. The molecule has 0 unspecified atom stereocenters. The van der Waals surface area contributed by atoms with Crippen LogP contribution in [0, 0.1) is 0 Å². The van der Waals surface area contributed by atoms with Crippen molar-refractivity contribution in [1.29, 1.82) is 0 Å². The highest BCUT2D eigenvalue weighted by molar-refractivity contribution is 5.39. The van der Waals surface area contributed by atoms with E-state index in [1.807, 2.05) is 29.1 Å². The summed E-state index contributed by atoms with van der Waals surface area (Å²) in [5.74, 6) is 0. The standard InChI is InChI=1S/C17H21N5/c1-3-9-20(16(6-1)14-22-11-5-8-18-22)12-15-13-21-10-4-2-7-17(21)19-15/h2,4-5,7-8,10-11,13,16H,1,3,6,9,12,14H2/t16-/m1/s1. The van der Waals surface area contributed by atoms with Gasteiger partial charge in [0.05, 0.1) is 12.2 Å². The van der Waals surface area contributed by atoms with Crippen LogP contribution in [0.15, 0.2) is 49.1 Å². The molecule has 5 nitrogen and oxygen atoms in total. The molecule has 4 rings (SSSR count). The average Bonchev–Trinajstić information content (AvgIpc) is 3.18. The Labute approximate surface area is 130 Å². The zero-order chi connectivity index (χ0) is 14.8. The first-order valence-corrected chi connectivity index (χ1v) is 8.02. The van der Waals surface area contributed by atoms with Gasteiger partial charge in [0.25, 0.3) is 0 Å². The maximum Gasteiger partial charge on any atom is 0.137 e. The van der Waals surface area contributed by atoms with E-state index in [4.69, 9.17) is 4.98 Å². The van der Waals surface area contributed by atoms with Crippen molar-refractivity contribution in [1.82, 2.24) is 24.1 Å². The molecule has 3 aromatic heterocycles. The normalized spacial score (nSPS) is 19.7. The third-order valence-electron chi connectivity index (χ3n) is 4.49. The number of hydrogen-bond donors (Lipinski definition) is 0. The molecular weight excluding hydrogens is 274 g/mol. The zero-order valence-electron chi connectivity index (χ0n) is 12.7. The van der Waals surface area contributed by atoms with Crippen LogP contribution < -0.4 is 0 Å². The molecule has 1 aliphatic heterocycles. The fraction of sp³-hybridized carbons (Fsp3) is 0.412. The highest BCUT2D eigenvalue weighted by Crippen LogP contribution is 2.21. The number of imidazole rings is 1. The van der Waals surface area contributed by atoms with E-state index >= 15 is 0 Å². The van der Waals surface area contributed by atoms with Crippen molar-refractivity contribution in [2.24, 2.45) is 0 Å². The van der Waals surface area contributed by atoms with Crippen LogP contribution in [0.5, 0.6) is 0 Å². The molecule has 4 heterocycles. The third-order valence-corrected chi connectivity index (χ3v) is 4.49. The lowest BCUT2D eigenvalue weighted by atomic mass is 10.0. The van der Waals surface area contributed by atoms with Crippen LogP contribution in [0.3, 0.4) is 0 Å². The van der Waals surface area contributed by atoms with Gasteiger partial charge in [-0.2, -0.15) is 5.10 Å². The Kier molecular flexibility index (Phi) is 3.64. The topological polar surface area (TPSA) is 38.4 Å². The van der Waals surface area contributed by atoms with Crippen LogP contribution >= 0.6 is 0 Å². The highest BCUT2D eigenvalue weighted by Gasteiger charge is 2.23. The highest BCUT2D eigenvalue weighted by atomic mass is 15.3. The Morgan fingerprint density at radius 2 is 2.14 bits per heavy atom. The van der Waals surface area contributed by atoms with E-state index in [-0.39, 0.29) is 0 Å². The summed E-state index contributed by atoms with van der Waals surface area (Å²) in [6.45, 7) is 3.05. The lowest BCUT2D eigenvalue weighted by Crippen LogP contribution is -2.41. The second-order valence-corrected chi connectivity index (χ2v) is 6.05. The van der Waals surface area contributed by atoms with Crippen LogP contribution in [0.4, 0.5) is 0 Å². The SMILES string of the molecule is c1ccn2cc(CN3CCCC[C@@H]3Cn3cccn3)nc2c1. The molecule has 0 radical (unpaired) electrons. The van der Waals surface area contributed by atoms with Gasteiger partial charge in [-0.1, -0.05) is 12.5 Å². The first kappa shape index (κ1) is 13.5. The van der Waals surface area contributed by atoms with Gasteiger partial charge in [-0.3, -0.25) is 9.58 Å². The minimum Gasteiger partial charge on any atom is -0.307 e. The van der Waals surface area contributed by atoms with Crippen molar-refractivity contribution >= 4 is 5.65 Å². The smallest absolute Gasteiger partial charge is 0.137 e. The molecule has 0 amide bonds. The van der Waals surface area contributed by atoms with Crippen molar-refractivity contribution in [3.63, 3.8) is 0 Å². The van der Waals surface area contributed by atoms with Gasteiger partial charge in [0.2, 0.25) is 0 Å². The number of fused-ring (bicyclic) bond motifs is 1. The Bertz CT molecular complexity index is 697. The number of hydrogen-bond acceptors (Lipinski definition) is 3. The maximum absolute atomic E-state index is 4.74. The summed E-state index contributed by atoms with van der Waals surface area (Å²) >= 11 is 0. The van der Waals surface area contributed by atoms with Crippen molar-refractivity contribution in [3.05, 3.63) is 54.7 Å². The quantitative estimate of drug-likeness (QED) is 0.742. The summed E-state index contributed by atoms with van der Waals surface area (Å²) in [4.78, 5) is 7.30. The average molecular weight is 295 g/mol. The number of nitrogens with zero attached hydrogens (tertiary/aromatic N) is 5. The van der Waals surface area contributed by atoms with Gasteiger partial charge in [0, 0.05) is 37.4 Å². The molecule has 0 aliphatic carbocycles. The summed E-state index contributed by atoms with van der Waals surface area (Å²) in [5.41, 5.74) is 2.18. The summed E-state index contributed by atoms with van der Waals surface area (Å²) in [7, 11) is 0. The van der Waals surface area contributed by atoms with Crippen LogP contribution in [-0.4, -0.2) is 36.7 Å². The second kappa shape index (κ2) is 5.93. The van der Waals surface area contributed by atoms with Crippen LogP contribution in [0.2, 0.25) is 0 Å². The lowest BCUT2D eigenvalue weighted by molar-refractivity contribution is 0.120. The van der Waals surface area contributed by atoms with Gasteiger partial charge in [-0.05, 0) is 37.6 Å². The molecule has 5 heteroatoms. The molecule has 114 valence electrons. The predicted octanol–water partition coefficient (Wildman–Crippen LogP) is 2.59. The predicted molar refractivity (Wildman–Crippen MR) is 85.5 cm³/mol.